The molecule has 0 aliphatic carbocycles. The summed E-state index contributed by atoms with van der Waals surface area (Å²) >= 11 is 0. The van der Waals surface area contributed by atoms with Crippen LogP contribution in [0.5, 0.6) is 5.75 Å². The van der Waals surface area contributed by atoms with Gasteiger partial charge in [0, 0.05) is 18.7 Å². The van der Waals surface area contributed by atoms with Crippen LogP contribution in [0, 0.1) is 17.8 Å². The number of piperidine rings is 1. The Bertz CT molecular complexity index is 701. The van der Waals surface area contributed by atoms with E-state index in [9.17, 15) is 19.5 Å². The van der Waals surface area contributed by atoms with Gasteiger partial charge in [-0.2, -0.15) is 0 Å². The van der Waals surface area contributed by atoms with Gasteiger partial charge in [0.05, 0.1) is 12.5 Å². The summed E-state index contributed by atoms with van der Waals surface area (Å²) in [6, 6.07) is 6.04. The number of carbonyl (C=O) groups excluding carboxylic acids is 2. The van der Waals surface area contributed by atoms with Gasteiger partial charge >= 0.3 is 5.97 Å². The summed E-state index contributed by atoms with van der Waals surface area (Å²) in [6.45, 7) is 8.78. The van der Waals surface area contributed by atoms with Crippen molar-refractivity contribution in [3.05, 3.63) is 29.8 Å². The number of hydrogen-bond acceptors (Lipinski definition) is 4. The van der Waals surface area contributed by atoms with E-state index in [1.165, 1.54) is 0 Å². The summed E-state index contributed by atoms with van der Waals surface area (Å²) in [5.74, 6) is -1.36. The Hall–Kier alpha value is -2.57. The van der Waals surface area contributed by atoms with Crippen LogP contribution in [0.3, 0.4) is 0 Å². The van der Waals surface area contributed by atoms with E-state index in [2.05, 4.69) is 5.32 Å². The number of nitrogens with one attached hydrogen (secondary N) is 1. The lowest BCUT2D eigenvalue weighted by atomic mass is 9.89. The fourth-order valence-corrected chi connectivity index (χ4v) is 3.51. The van der Waals surface area contributed by atoms with E-state index in [1.807, 2.05) is 27.7 Å². The molecular weight excluding hydrogens is 360 g/mol. The number of carbonyl (C=O) groups is 3. The molecule has 28 heavy (non-hydrogen) atoms. The van der Waals surface area contributed by atoms with Crippen LogP contribution in [0.2, 0.25) is 0 Å². The number of carboxylic acid groups (broad SMARTS) is 1. The Balaban J connectivity index is 2.10. The Morgan fingerprint density at radius 2 is 1.86 bits per heavy atom. The highest BCUT2D eigenvalue weighted by Crippen LogP contribution is 2.23. The molecule has 0 saturated carbocycles. The van der Waals surface area contributed by atoms with Crippen LogP contribution in [-0.4, -0.2) is 53.5 Å². The van der Waals surface area contributed by atoms with Crippen LogP contribution in [0.4, 0.5) is 0 Å². The first kappa shape index (κ1) is 21.7. The Morgan fingerprint density at radius 3 is 2.39 bits per heavy atom. The monoisotopic (exact) mass is 390 g/mol. The molecule has 2 amide bonds. The second-order valence-electron chi connectivity index (χ2n) is 7.77. The lowest BCUT2D eigenvalue weighted by Crippen LogP contribution is -2.55. The smallest absolute Gasteiger partial charge is 0.308 e. The molecule has 7 heteroatoms. The lowest BCUT2D eigenvalue weighted by molar-refractivity contribution is -0.147. The fourth-order valence-electron chi connectivity index (χ4n) is 3.51. The van der Waals surface area contributed by atoms with Gasteiger partial charge in [0.2, 0.25) is 5.91 Å². The Morgan fingerprint density at radius 1 is 1.21 bits per heavy atom. The van der Waals surface area contributed by atoms with Crippen LogP contribution in [0.15, 0.2) is 24.3 Å². The first-order valence-corrected chi connectivity index (χ1v) is 9.78. The molecule has 1 fully saturated rings. The van der Waals surface area contributed by atoms with Crippen LogP contribution in [0.1, 0.15) is 44.5 Å². The second kappa shape index (κ2) is 9.57. The van der Waals surface area contributed by atoms with Crippen molar-refractivity contribution in [1.29, 1.82) is 0 Å². The molecule has 3 unspecified atom stereocenters. The third-order valence-corrected chi connectivity index (χ3v) is 4.97. The standard InChI is InChI=1S/C21H30N2O5/c1-5-28-17-8-6-15(7-9-17)19(24)22-18(13(2)3)20(25)23-11-14(4)10-16(12-23)21(26)27/h6-9,13-14,16,18H,5,10-12H2,1-4H3,(H,22,24)(H,26,27). The van der Waals surface area contributed by atoms with Gasteiger partial charge in [0.15, 0.2) is 0 Å². The number of amides is 2. The molecule has 7 nitrogen and oxygen atoms in total. The van der Waals surface area contributed by atoms with Crippen molar-refractivity contribution in [2.45, 2.75) is 40.2 Å². The average molecular weight is 390 g/mol. The predicted octanol–water partition coefficient (Wildman–Crippen LogP) is 2.41. The van der Waals surface area contributed by atoms with Crippen molar-refractivity contribution in [2.24, 2.45) is 17.8 Å². The van der Waals surface area contributed by atoms with Gasteiger partial charge in [-0.15, -0.1) is 0 Å². The van der Waals surface area contributed by atoms with Crippen molar-refractivity contribution in [3.63, 3.8) is 0 Å². The molecule has 3 atom stereocenters. The molecule has 2 rings (SSSR count). The van der Waals surface area contributed by atoms with Crippen molar-refractivity contribution in [3.8, 4) is 5.75 Å². The van der Waals surface area contributed by atoms with Crippen LogP contribution in [-0.2, 0) is 9.59 Å². The van der Waals surface area contributed by atoms with Gasteiger partial charge in [-0.25, -0.2) is 0 Å². The maximum atomic E-state index is 13.1. The molecule has 1 aromatic rings. The number of rotatable bonds is 7. The number of benzene rings is 1. The van der Waals surface area contributed by atoms with Crippen LogP contribution >= 0.6 is 0 Å². The largest absolute Gasteiger partial charge is 0.494 e. The SMILES string of the molecule is CCOc1ccc(C(=O)NC(C(=O)N2CC(C)CC(C(=O)O)C2)C(C)C)cc1. The minimum atomic E-state index is -0.885. The van der Waals surface area contributed by atoms with E-state index < -0.39 is 17.9 Å². The van der Waals surface area contributed by atoms with Crippen LogP contribution < -0.4 is 10.1 Å². The molecule has 1 aliphatic rings. The van der Waals surface area contributed by atoms with E-state index in [0.717, 1.165) is 0 Å². The van der Waals surface area contributed by atoms with Crippen molar-refractivity contribution in [1.82, 2.24) is 10.2 Å². The van der Waals surface area contributed by atoms with E-state index >= 15 is 0 Å². The minimum Gasteiger partial charge on any atom is -0.494 e. The van der Waals surface area contributed by atoms with Gasteiger partial charge in [-0.3, -0.25) is 14.4 Å². The fraction of sp³-hybridized carbons (Fsp3) is 0.571. The molecule has 0 spiro atoms. The molecule has 1 heterocycles. The Labute approximate surface area is 166 Å². The summed E-state index contributed by atoms with van der Waals surface area (Å²) in [4.78, 5) is 38.7. The molecule has 2 N–H and O–H groups in total. The highest BCUT2D eigenvalue weighted by Gasteiger charge is 2.36. The highest BCUT2D eigenvalue weighted by molar-refractivity contribution is 5.97. The lowest BCUT2D eigenvalue weighted by Gasteiger charge is -2.37. The zero-order valence-electron chi connectivity index (χ0n) is 17.0. The van der Waals surface area contributed by atoms with Crippen molar-refractivity contribution < 1.29 is 24.2 Å². The maximum absolute atomic E-state index is 13.1. The summed E-state index contributed by atoms with van der Waals surface area (Å²) in [5, 5.41) is 12.2. The van der Waals surface area contributed by atoms with Crippen molar-refractivity contribution >= 4 is 17.8 Å². The first-order chi connectivity index (χ1) is 13.2. The van der Waals surface area contributed by atoms with Crippen molar-refractivity contribution in [2.75, 3.05) is 19.7 Å². The number of ether oxygens (including phenoxy) is 1. The van der Waals surface area contributed by atoms with E-state index in [4.69, 9.17) is 4.74 Å². The van der Waals surface area contributed by atoms with Gasteiger partial charge in [0.25, 0.3) is 5.91 Å². The molecule has 1 saturated heterocycles. The third-order valence-electron chi connectivity index (χ3n) is 4.97. The summed E-state index contributed by atoms with van der Waals surface area (Å²) in [7, 11) is 0. The quantitative estimate of drug-likeness (QED) is 0.745. The number of nitrogens with zero attached hydrogens (tertiary/aromatic N) is 1. The topological polar surface area (TPSA) is 95.9 Å². The average Bonchev–Trinajstić information content (AvgIpc) is 2.65. The number of hydrogen-bond donors (Lipinski definition) is 2. The highest BCUT2D eigenvalue weighted by atomic mass is 16.5. The number of aliphatic carboxylic acids is 1. The zero-order valence-corrected chi connectivity index (χ0v) is 17.0. The molecule has 0 bridgehead atoms. The second-order valence-corrected chi connectivity index (χ2v) is 7.77. The van der Waals surface area contributed by atoms with Gasteiger partial charge in [-0.1, -0.05) is 20.8 Å². The van der Waals surface area contributed by atoms with Gasteiger partial charge in [-0.05, 0) is 49.4 Å². The zero-order chi connectivity index (χ0) is 20.8. The maximum Gasteiger partial charge on any atom is 0.308 e. The number of carboxylic acids is 1. The molecule has 0 radical (unpaired) electrons. The molecule has 1 aromatic carbocycles. The normalized spacial score (nSPS) is 20.5. The minimum absolute atomic E-state index is 0.105. The first-order valence-electron chi connectivity index (χ1n) is 9.78. The van der Waals surface area contributed by atoms with E-state index in [-0.39, 0.29) is 30.2 Å². The third kappa shape index (κ3) is 5.47. The van der Waals surface area contributed by atoms with Crippen LogP contribution in [0.25, 0.3) is 0 Å². The molecule has 154 valence electrons. The van der Waals surface area contributed by atoms with Gasteiger partial charge < -0.3 is 20.1 Å². The summed E-state index contributed by atoms with van der Waals surface area (Å²) in [6.07, 6.45) is 0.560. The van der Waals surface area contributed by atoms with Gasteiger partial charge in [0.1, 0.15) is 11.8 Å². The molecular formula is C21H30N2O5. The van der Waals surface area contributed by atoms with E-state index in [0.29, 0.717) is 30.9 Å². The molecule has 0 aromatic heterocycles. The Kier molecular flexibility index (Phi) is 7.43. The summed E-state index contributed by atoms with van der Waals surface area (Å²) in [5.41, 5.74) is 0.442. The van der Waals surface area contributed by atoms with E-state index in [1.54, 1.807) is 29.2 Å². The predicted molar refractivity (Wildman–Crippen MR) is 105 cm³/mol. The summed E-state index contributed by atoms with van der Waals surface area (Å²) < 4.78 is 5.38. The number of likely N-dealkylation sites (tertiary alicyclic amines) is 1. The molecule has 1 aliphatic heterocycles.